The fourth-order valence-electron chi connectivity index (χ4n) is 8.17. The number of hydrogen-bond donors (Lipinski definition) is 0. The zero-order valence-corrected chi connectivity index (χ0v) is 30.3. The van der Waals surface area contributed by atoms with Crippen molar-refractivity contribution in [1.82, 2.24) is 9.88 Å². The van der Waals surface area contributed by atoms with Crippen LogP contribution < -0.4 is 10.4 Å². The number of hydrogen-bond acceptors (Lipinski definition) is 4. The van der Waals surface area contributed by atoms with E-state index in [1.165, 1.54) is 27.1 Å². The first-order valence-corrected chi connectivity index (χ1v) is 19.5. The molecule has 4 nitrogen and oxygen atoms in total. The Morgan fingerprint density at radius 3 is 1.94 bits per heavy atom. The van der Waals surface area contributed by atoms with Crippen LogP contribution in [0.25, 0.3) is 22.6 Å². The van der Waals surface area contributed by atoms with Gasteiger partial charge in [0.15, 0.2) is 5.76 Å². The third-order valence-corrected chi connectivity index (χ3v) is 12.7. The van der Waals surface area contributed by atoms with Gasteiger partial charge in [0, 0.05) is 23.2 Å². The molecule has 1 aromatic heterocycles. The first-order valence-electron chi connectivity index (χ1n) is 18.1. The van der Waals surface area contributed by atoms with Crippen molar-refractivity contribution in [2.45, 2.75) is 70.1 Å². The predicted molar refractivity (Wildman–Crippen MR) is 205 cm³/mol. The SMILES string of the molecule is CC(C)(C)c1cccc2c1CCC[C@]2(O[Si](c1ccccc1)c1ccccc1)N1CCC[C@H]1c1nc(-c2ccccc2)c(-c2ccccc2)o1. The highest BCUT2D eigenvalue weighted by Crippen LogP contribution is 2.51. The van der Waals surface area contributed by atoms with Crippen molar-refractivity contribution in [2.24, 2.45) is 0 Å². The third kappa shape index (κ3) is 6.08. The molecular formula is C45H45N2O2Si. The Morgan fingerprint density at radius 2 is 1.32 bits per heavy atom. The molecule has 0 bridgehead atoms. The Morgan fingerprint density at radius 1 is 0.720 bits per heavy atom. The molecule has 0 saturated carbocycles. The minimum absolute atomic E-state index is 0.0171. The molecule has 2 atom stereocenters. The number of fused-ring (bicyclic) bond motifs is 1. The molecule has 1 saturated heterocycles. The van der Waals surface area contributed by atoms with Gasteiger partial charge < -0.3 is 8.84 Å². The summed E-state index contributed by atoms with van der Waals surface area (Å²) in [5.41, 5.74) is 6.54. The van der Waals surface area contributed by atoms with Gasteiger partial charge in [-0.05, 0) is 59.0 Å². The molecule has 0 unspecified atom stereocenters. The summed E-state index contributed by atoms with van der Waals surface area (Å²) >= 11 is 0. The molecule has 2 aliphatic rings. The number of nitrogens with zero attached hydrogens (tertiary/aromatic N) is 2. The Kier molecular flexibility index (Phi) is 8.90. The first kappa shape index (κ1) is 32.6. The lowest BCUT2D eigenvalue weighted by Crippen LogP contribution is -2.58. The van der Waals surface area contributed by atoms with Crippen LogP contribution in [0.5, 0.6) is 0 Å². The molecule has 0 amide bonds. The summed E-state index contributed by atoms with van der Waals surface area (Å²) in [4.78, 5) is 8.01. The molecule has 1 aliphatic carbocycles. The van der Waals surface area contributed by atoms with E-state index in [1.807, 2.05) is 6.07 Å². The highest BCUT2D eigenvalue weighted by Gasteiger charge is 2.51. The maximum atomic E-state index is 7.95. The monoisotopic (exact) mass is 673 g/mol. The van der Waals surface area contributed by atoms with E-state index in [1.54, 1.807) is 0 Å². The van der Waals surface area contributed by atoms with Crippen LogP contribution in [-0.4, -0.2) is 25.5 Å². The number of likely N-dealkylation sites (tertiary alicyclic amines) is 1. The molecule has 6 aromatic rings. The first-order chi connectivity index (χ1) is 24.4. The summed E-state index contributed by atoms with van der Waals surface area (Å²) in [6.07, 6.45) is 5.03. The fraction of sp³-hybridized carbons (Fsp3) is 0.267. The topological polar surface area (TPSA) is 38.5 Å². The van der Waals surface area contributed by atoms with E-state index in [0.717, 1.165) is 67.1 Å². The number of rotatable bonds is 8. The largest absolute Gasteiger partial charge is 0.438 e. The van der Waals surface area contributed by atoms with Crippen LogP contribution in [0.15, 0.2) is 144 Å². The molecule has 2 heterocycles. The summed E-state index contributed by atoms with van der Waals surface area (Å²) < 4.78 is 14.9. The van der Waals surface area contributed by atoms with Crippen molar-refractivity contribution in [3.05, 3.63) is 162 Å². The van der Waals surface area contributed by atoms with Crippen molar-refractivity contribution in [2.75, 3.05) is 6.54 Å². The molecule has 5 heteroatoms. The smallest absolute Gasteiger partial charge is 0.285 e. The third-order valence-electron chi connectivity index (χ3n) is 10.4. The van der Waals surface area contributed by atoms with Gasteiger partial charge in [-0.25, -0.2) is 4.98 Å². The van der Waals surface area contributed by atoms with Crippen LogP contribution in [0.1, 0.15) is 75.1 Å². The fourth-order valence-corrected chi connectivity index (χ4v) is 10.4. The van der Waals surface area contributed by atoms with Gasteiger partial charge in [-0.1, -0.05) is 160 Å². The van der Waals surface area contributed by atoms with Gasteiger partial charge in [0.05, 0.1) is 6.04 Å². The van der Waals surface area contributed by atoms with Gasteiger partial charge in [0.25, 0.3) is 9.04 Å². The van der Waals surface area contributed by atoms with E-state index in [-0.39, 0.29) is 11.5 Å². The van der Waals surface area contributed by atoms with Crippen molar-refractivity contribution in [3.8, 4) is 22.6 Å². The van der Waals surface area contributed by atoms with Gasteiger partial charge in [-0.3, -0.25) is 4.90 Å². The Labute approximate surface area is 298 Å². The van der Waals surface area contributed by atoms with Gasteiger partial charge in [0.1, 0.15) is 11.4 Å². The average molecular weight is 674 g/mol. The highest BCUT2D eigenvalue weighted by atomic mass is 28.3. The minimum Gasteiger partial charge on any atom is -0.438 e. The molecule has 5 aromatic carbocycles. The summed E-state index contributed by atoms with van der Waals surface area (Å²) in [5, 5.41) is 2.51. The van der Waals surface area contributed by atoms with Gasteiger partial charge >= 0.3 is 0 Å². The zero-order chi connectivity index (χ0) is 34.1. The standard InChI is InChI=1S/C45H45N2O2Si/c1-44(2,3)38-28-16-29-39-37(38)27-17-31-45(39,49-50(35-23-12-6-13-24-35)36-25-14-7-15-26-36)47-32-18-30-40(47)43-46-41(33-19-8-4-9-20-33)42(48-43)34-21-10-5-11-22-34/h4-16,19-26,28-29,40H,17-18,27,30-32H2,1-3H3/t40-,45+/m0/s1. The van der Waals surface area contributed by atoms with E-state index < -0.39 is 14.8 Å². The summed E-state index contributed by atoms with van der Waals surface area (Å²) in [6.45, 7) is 7.92. The Hall–Kier alpha value is -4.55. The predicted octanol–water partition coefficient (Wildman–Crippen LogP) is 9.45. The summed E-state index contributed by atoms with van der Waals surface area (Å²) in [6, 6.07) is 49.6. The zero-order valence-electron chi connectivity index (χ0n) is 29.3. The van der Waals surface area contributed by atoms with Crippen LogP contribution in [0.3, 0.4) is 0 Å². The highest BCUT2D eigenvalue weighted by molar-refractivity contribution is 6.80. The van der Waals surface area contributed by atoms with E-state index >= 15 is 0 Å². The van der Waals surface area contributed by atoms with E-state index in [2.05, 4.69) is 159 Å². The minimum atomic E-state index is -1.67. The molecule has 0 spiro atoms. The maximum Gasteiger partial charge on any atom is 0.285 e. The van der Waals surface area contributed by atoms with Crippen molar-refractivity contribution in [3.63, 3.8) is 0 Å². The van der Waals surface area contributed by atoms with Crippen LogP contribution >= 0.6 is 0 Å². The van der Waals surface area contributed by atoms with Crippen LogP contribution in [0.4, 0.5) is 0 Å². The number of benzene rings is 5. The van der Waals surface area contributed by atoms with Crippen LogP contribution in [-0.2, 0) is 22.0 Å². The Bertz CT molecular complexity index is 1940. The average Bonchev–Trinajstić information content (AvgIpc) is 3.84. The van der Waals surface area contributed by atoms with Crippen LogP contribution in [0, 0.1) is 0 Å². The van der Waals surface area contributed by atoms with E-state index in [0.29, 0.717) is 0 Å². The van der Waals surface area contributed by atoms with Gasteiger partial charge in [0.2, 0.25) is 5.89 Å². The van der Waals surface area contributed by atoms with Gasteiger partial charge in [-0.2, -0.15) is 0 Å². The Balaban J connectivity index is 1.31. The van der Waals surface area contributed by atoms with E-state index in [4.69, 9.17) is 13.8 Å². The molecule has 1 radical (unpaired) electrons. The second-order valence-corrected chi connectivity index (χ2v) is 16.7. The van der Waals surface area contributed by atoms with Gasteiger partial charge in [-0.15, -0.1) is 0 Å². The van der Waals surface area contributed by atoms with Crippen LogP contribution in [0.2, 0.25) is 0 Å². The quantitative estimate of drug-likeness (QED) is 0.151. The lowest BCUT2D eigenvalue weighted by Gasteiger charge is -2.50. The molecule has 8 rings (SSSR count). The normalized spacial score (nSPS) is 19.5. The second kappa shape index (κ2) is 13.6. The van der Waals surface area contributed by atoms with Crippen molar-refractivity contribution >= 4 is 19.4 Å². The lowest BCUT2D eigenvalue weighted by molar-refractivity contribution is -0.118. The number of aromatic nitrogens is 1. The summed E-state index contributed by atoms with van der Waals surface area (Å²) in [7, 11) is -1.67. The van der Waals surface area contributed by atoms with Crippen molar-refractivity contribution in [1.29, 1.82) is 0 Å². The maximum absolute atomic E-state index is 7.95. The lowest BCUT2D eigenvalue weighted by atomic mass is 9.75. The van der Waals surface area contributed by atoms with Crippen molar-refractivity contribution < 1.29 is 8.84 Å². The molecule has 1 aliphatic heterocycles. The molecule has 1 fully saturated rings. The second-order valence-electron chi connectivity index (χ2n) is 14.7. The number of oxazole rings is 1. The van der Waals surface area contributed by atoms with E-state index in [9.17, 15) is 0 Å². The molecule has 0 N–H and O–H groups in total. The molecular weight excluding hydrogens is 629 g/mol. The molecule has 251 valence electrons. The molecule has 50 heavy (non-hydrogen) atoms. The summed E-state index contributed by atoms with van der Waals surface area (Å²) in [5.74, 6) is 1.60.